The molecule has 1 saturated carbocycles. The minimum Gasteiger partial charge on any atom is -0.490 e. The molecule has 0 spiro atoms. The number of hydrogen-bond acceptors (Lipinski definition) is 3. The Morgan fingerprint density at radius 1 is 0.933 bits per heavy atom. The quantitative estimate of drug-likeness (QED) is 0.554. The van der Waals surface area contributed by atoms with Crippen molar-refractivity contribution in [3.8, 4) is 5.75 Å². The first-order valence-corrected chi connectivity index (χ1v) is 11.8. The Balaban J connectivity index is 1.26. The molecule has 2 aromatic carbocycles. The van der Waals surface area contributed by atoms with Gasteiger partial charge in [0.2, 0.25) is 0 Å². The van der Waals surface area contributed by atoms with E-state index in [1.165, 1.54) is 69.3 Å². The zero-order chi connectivity index (χ0) is 20.8. The fourth-order valence-electron chi connectivity index (χ4n) is 4.39. The van der Waals surface area contributed by atoms with Crippen LogP contribution in [0.1, 0.15) is 63.5 Å². The summed E-state index contributed by atoms with van der Waals surface area (Å²) >= 11 is 5.53. The molecule has 1 atom stereocenters. The van der Waals surface area contributed by atoms with Gasteiger partial charge in [-0.15, -0.1) is 0 Å². The van der Waals surface area contributed by atoms with Gasteiger partial charge in [-0.25, -0.2) is 0 Å². The zero-order valence-electron chi connectivity index (χ0n) is 17.9. The van der Waals surface area contributed by atoms with Crippen molar-refractivity contribution < 1.29 is 4.74 Å². The fourth-order valence-corrected chi connectivity index (χ4v) is 4.68. The summed E-state index contributed by atoms with van der Waals surface area (Å²) in [4.78, 5) is 2.48. The Labute approximate surface area is 186 Å². The van der Waals surface area contributed by atoms with E-state index < -0.39 is 0 Å². The van der Waals surface area contributed by atoms with Crippen LogP contribution in [-0.2, 0) is 0 Å². The molecule has 160 valence electrons. The number of nitrogens with one attached hydrogen (secondary N) is 2. The minimum absolute atomic E-state index is 0.144. The lowest BCUT2D eigenvalue weighted by atomic mass is 10.1. The lowest BCUT2D eigenvalue weighted by Crippen LogP contribution is -2.31. The highest BCUT2D eigenvalue weighted by atomic mass is 32.1. The summed E-state index contributed by atoms with van der Waals surface area (Å²) in [5.74, 6) is 0.938. The van der Waals surface area contributed by atoms with Gasteiger partial charge in [-0.1, -0.05) is 12.1 Å². The van der Waals surface area contributed by atoms with E-state index in [1.807, 2.05) is 24.3 Å². The van der Waals surface area contributed by atoms with Crippen molar-refractivity contribution in [1.82, 2.24) is 5.32 Å². The number of anilines is 2. The van der Waals surface area contributed by atoms with Crippen LogP contribution in [0.4, 0.5) is 11.4 Å². The summed E-state index contributed by atoms with van der Waals surface area (Å²) < 4.78 is 6.03. The van der Waals surface area contributed by atoms with E-state index in [1.54, 1.807) is 0 Å². The van der Waals surface area contributed by atoms with Crippen molar-refractivity contribution in [1.29, 1.82) is 0 Å². The SMILES string of the molecule is C[C@@H](NC(=S)Nc1ccc(OC2CCCC2)cc1)c1ccc(N2CCCCC2)cc1. The highest BCUT2D eigenvalue weighted by Gasteiger charge is 2.16. The summed E-state index contributed by atoms with van der Waals surface area (Å²) in [6.07, 6.45) is 9.24. The molecular weight excluding hydrogens is 390 g/mol. The number of thiocarbonyl (C=S) groups is 1. The molecule has 2 N–H and O–H groups in total. The van der Waals surface area contributed by atoms with Gasteiger partial charge in [0.05, 0.1) is 12.1 Å². The predicted molar refractivity (Wildman–Crippen MR) is 130 cm³/mol. The third kappa shape index (κ3) is 5.66. The number of benzene rings is 2. The van der Waals surface area contributed by atoms with Crippen LogP contribution in [0.2, 0.25) is 0 Å². The van der Waals surface area contributed by atoms with Gasteiger partial charge in [-0.3, -0.25) is 0 Å². The van der Waals surface area contributed by atoms with Gasteiger partial charge in [-0.05, 0) is 106 Å². The molecule has 2 aromatic rings. The molecule has 4 rings (SSSR count). The second-order valence-corrected chi connectivity index (χ2v) is 8.92. The minimum atomic E-state index is 0.144. The highest BCUT2D eigenvalue weighted by molar-refractivity contribution is 7.80. The molecule has 4 nitrogen and oxygen atoms in total. The molecule has 0 unspecified atom stereocenters. The van der Waals surface area contributed by atoms with Crippen molar-refractivity contribution in [3.63, 3.8) is 0 Å². The van der Waals surface area contributed by atoms with Crippen LogP contribution in [0, 0.1) is 0 Å². The molecule has 0 radical (unpaired) electrons. The van der Waals surface area contributed by atoms with E-state index in [-0.39, 0.29) is 6.04 Å². The summed E-state index contributed by atoms with van der Waals surface area (Å²) in [5, 5.41) is 7.31. The molecule has 0 amide bonds. The van der Waals surface area contributed by atoms with E-state index in [2.05, 4.69) is 46.7 Å². The smallest absolute Gasteiger partial charge is 0.171 e. The molecule has 2 fully saturated rings. The van der Waals surface area contributed by atoms with Gasteiger partial charge in [0.1, 0.15) is 5.75 Å². The van der Waals surface area contributed by atoms with Gasteiger partial charge in [-0.2, -0.15) is 0 Å². The van der Waals surface area contributed by atoms with Crippen LogP contribution >= 0.6 is 12.2 Å². The summed E-state index contributed by atoms with van der Waals surface area (Å²) in [5.41, 5.74) is 3.53. The second-order valence-electron chi connectivity index (χ2n) is 8.51. The van der Waals surface area contributed by atoms with Crippen molar-refractivity contribution in [2.75, 3.05) is 23.3 Å². The molecule has 5 heteroatoms. The van der Waals surface area contributed by atoms with E-state index in [0.717, 1.165) is 11.4 Å². The number of ether oxygens (including phenoxy) is 1. The van der Waals surface area contributed by atoms with Gasteiger partial charge < -0.3 is 20.3 Å². The Morgan fingerprint density at radius 2 is 1.60 bits per heavy atom. The van der Waals surface area contributed by atoms with Crippen LogP contribution in [0.3, 0.4) is 0 Å². The Hall–Kier alpha value is -2.27. The largest absolute Gasteiger partial charge is 0.490 e. The van der Waals surface area contributed by atoms with Crippen molar-refractivity contribution in [3.05, 3.63) is 54.1 Å². The van der Waals surface area contributed by atoms with E-state index in [4.69, 9.17) is 17.0 Å². The van der Waals surface area contributed by atoms with E-state index in [0.29, 0.717) is 11.2 Å². The Morgan fingerprint density at radius 3 is 2.27 bits per heavy atom. The molecule has 0 bridgehead atoms. The maximum Gasteiger partial charge on any atom is 0.171 e. The van der Waals surface area contributed by atoms with Gasteiger partial charge in [0.15, 0.2) is 5.11 Å². The number of rotatable bonds is 6. The van der Waals surface area contributed by atoms with E-state index in [9.17, 15) is 0 Å². The van der Waals surface area contributed by atoms with Crippen molar-refractivity contribution in [2.45, 2.75) is 64.0 Å². The van der Waals surface area contributed by atoms with Gasteiger partial charge in [0.25, 0.3) is 0 Å². The molecule has 1 heterocycles. The maximum absolute atomic E-state index is 6.03. The van der Waals surface area contributed by atoms with Crippen molar-refractivity contribution >= 4 is 28.7 Å². The second kappa shape index (κ2) is 10.2. The molecule has 30 heavy (non-hydrogen) atoms. The molecule has 1 aliphatic heterocycles. The van der Waals surface area contributed by atoms with Crippen LogP contribution in [-0.4, -0.2) is 24.3 Å². The van der Waals surface area contributed by atoms with Gasteiger partial charge in [0, 0.05) is 24.5 Å². The fraction of sp³-hybridized carbons (Fsp3) is 0.480. The Kier molecular flexibility index (Phi) is 7.11. The van der Waals surface area contributed by atoms with Crippen LogP contribution in [0.5, 0.6) is 5.75 Å². The first-order valence-electron chi connectivity index (χ1n) is 11.4. The van der Waals surface area contributed by atoms with Crippen molar-refractivity contribution in [2.24, 2.45) is 0 Å². The standard InChI is InChI=1S/C25H33N3OS/c1-19(20-9-13-22(14-10-20)28-17-5-2-6-18-28)26-25(30)27-21-11-15-24(16-12-21)29-23-7-3-4-8-23/h9-16,19,23H,2-8,17-18H2,1H3,(H2,26,27,30)/t19-/m1/s1. The van der Waals surface area contributed by atoms with Gasteiger partial charge >= 0.3 is 0 Å². The molecular formula is C25H33N3OS. The molecule has 2 aliphatic rings. The molecule has 0 aromatic heterocycles. The number of hydrogen-bond donors (Lipinski definition) is 2. The highest BCUT2D eigenvalue weighted by Crippen LogP contribution is 2.25. The number of nitrogens with zero attached hydrogens (tertiary/aromatic N) is 1. The number of piperidine rings is 1. The summed E-state index contributed by atoms with van der Waals surface area (Å²) in [7, 11) is 0. The third-order valence-electron chi connectivity index (χ3n) is 6.18. The van der Waals surface area contributed by atoms with Crippen LogP contribution in [0.15, 0.2) is 48.5 Å². The zero-order valence-corrected chi connectivity index (χ0v) is 18.7. The first kappa shape index (κ1) is 21.0. The normalized spacial score (nSPS) is 18.1. The van der Waals surface area contributed by atoms with Crippen LogP contribution in [0.25, 0.3) is 0 Å². The summed E-state index contributed by atoms with van der Waals surface area (Å²) in [6.45, 7) is 4.49. The molecule has 1 aliphatic carbocycles. The maximum atomic E-state index is 6.03. The topological polar surface area (TPSA) is 36.5 Å². The first-order chi connectivity index (χ1) is 14.7. The molecule has 1 saturated heterocycles. The lowest BCUT2D eigenvalue weighted by molar-refractivity contribution is 0.210. The monoisotopic (exact) mass is 423 g/mol. The lowest BCUT2D eigenvalue weighted by Gasteiger charge is -2.29. The average Bonchev–Trinajstić information content (AvgIpc) is 3.29. The Bertz CT molecular complexity index is 809. The average molecular weight is 424 g/mol. The predicted octanol–water partition coefficient (Wildman–Crippen LogP) is 6.05. The van der Waals surface area contributed by atoms with Crippen LogP contribution < -0.4 is 20.3 Å². The van der Waals surface area contributed by atoms with E-state index >= 15 is 0 Å². The summed E-state index contributed by atoms with van der Waals surface area (Å²) in [6, 6.07) is 17.1. The third-order valence-corrected chi connectivity index (χ3v) is 6.40.